The van der Waals surface area contributed by atoms with Crippen molar-refractivity contribution in [2.24, 2.45) is 0 Å². The lowest BCUT2D eigenvalue weighted by atomic mass is 10.0. The van der Waals surface area contributed by atoms with E-state index in [0.717, 1.165) is 21.4 Å². The van der Waals surface area contributed by atoms with E-state index in [9.17, 15) is 19.7 Å². The molecule has 0 saturated heterocycles. The summed E-state index contributed by atoms with van der Waals surface area (Å²) in [5, 5.41) is 15.7. The maximum atomic E-state index is 12.6. The number of amides is 1. The van der Waals surface area contributed by atoms with Gasteiger partial charge in [0.25, 0.3) is 11.6 Å². The topological polar surface area (TPSA) is 108 Å². The molecule has 166 valence electrons. The minimum absolute atomic E-state index is 0.104. The number of thiophene rings is 1. The van der Waals surface area contributed by atoms with Crippen molar-refractivity contribution in [3.63, 3.8) is 0 Å². The highest BCUT2D eigenvalue weighted by Gasteiger charge is 2.24. The van der Waals surface area contributed by atoms with Gasteiger partial charge in [0.1, 0.15) is 16.3 Å². The molecule has 1 amide bonds. The van der Waals surface area contributed by atoms with Crippen LogP contribution in [0.25, 0.3) is 11.1 Å². The lowest BCUT2D eigenvalue weighted by molar-refractivity contribution is -0.384. The Morgan fingerprint density at radius 1 is 1.22 bits per heavy atom. The zero-order valence-electron chi connectivity index (χ0n) is 17.2. The summed E-state index contributed by atoms with van der Waals surface area (Å²) in [6, 6.07) is 11.3. The number of ether oxygens (including phenoxy) is 2. The quantitative estimate of drug-likeness (QED) is 0.236. The Bertz CT molecular complexity index is 1180. The Morgan fingerprint density at radius 2 is 2.00 bits per heavy atom. The largest absolute Gasteiger partial charge is 0.484 e. The number of nitro benzene ring substituents is 1. The van der Waals surface area contributed by atoms with Gasteiger partial charge in [-0.05, 0) is 43.2 Å². The van der Waals surface area contributed by atoms with Gasteiger partial charge in [0.05, 0.1) is 11.5 Å². The van der Waals surface area contributed by atoms with Crippen molar-refractivity contribution in [2.45, 2.75) is 13.8 Å². The first-order chi connectivity index (χ1) is 15.3. The van der Waals surface area contributed by atoms with E-state index >= 15 is 0 Å². The molecule has 0 saturated carbocycles. The Balaban J connectivity index is 1.83. The summed E-state index contributed by atoms with van der Waals surface area (Å²) in [6.07, 6.45) is 0. The van der Waals surface area contributed by atoms with E-state index in [1.165, 1.54) is 18.2 Å². The van der Waals surface area contributed by atoms with Gasteiger partial charge in [-0.3, -0.25) is 14.9 Å². The molecule has 1 heterocycles. The summed E-state index contributed by atoms with van der Waals surface area (Å²) in [4.78, 5) is 35.7. The molecule has 32 heavy (non-hydrogen) atoms. The minimum atomic E-state index is -0.630. The van der Waals surface area contributed by atoms with Crippen molar-refractivity contribution in [1.29, 1.82) is 0 Å². The summed E-state index contributed by atoms with van der Waals surface area (Å²) in [5.74, 6) is -0.548. The summed E-state index contributed by atoms with van der Waals surface area (Å²) >= 11 is 4.54. The first kappa shape index (κ1) is 23.4. The molecule has 0 fully saturated rings. The van der Waals surface area contributed by atoms with Crippen LogP contribution in [0.5, 0.6) is 5.75 Å². The van der Waals surface area contributed by atoms with Gasteiger partial charge in [-0.15, -0.1) is 11.3 Å². The standard InChI is InChI=1S/C22H19BrN2O6S/c1-3-30-22(27)20-17(14-5-4-6-15(10-14)25(28)29)12-32-21(20)24-19(26)11-31-16-7-8-18(23)13(2)9-16/h4-10,12H,3,11H2,1-2H3,(H,24,26). The first-order valence-corrected chi connectivity index (χ1v) is 11.2. The summed E-state index contributed by atoms with van der Waals surface area (Å²) in [7, 11) is 0. The average molecular weight is 519 g/mol. The molecule has 3 rings (SSSR count). The maximum absolute atomic E-state index is 12.6. The number of anilines is 1. The number of nitro groups is 1. The molecule has 3 aromatic rings. The number of hydrogen-bond acceptors (Lipinski definition) is 7. The number of benzene rings is 2. The highest BCUT2D eigenvalue weighted by molar-refractivity contribution is 9.10. The molecule has 0 aliphatic rings. The molecule has 1 aromatic heterocycles. The number of halogens is 1. The van der Waals surface area contributed by atoms with Crippen molar-refractivity contribution in [1.82, 2.24) is 0 Å². The molecule has 0 spiro atoms. The normalized spacial score (nSPS) is 10.5. The van der Waals surface area contributed by atoms with Crippen molar-refractivity contribution >= 4 is 49.8 Å². The molecule has 0 radical (unpaired) electrons. The highest BCUT2D eigenvalue weighted by atomic mass is 79.9. The molecule has 0 aliphatic carbocycles. The van der Waals surface area contributed by atoms with Gasteiger partial charge >= 0.3 is 5.97 Å². The number of carbonyl (C=O) groups excluding carboxylic acids is 2. The average Bonchev–Trinajstić information content (AvgIpc) is 3.18. The van der Waals surface area contributed by atoms with Crippen molar-refractivity contribution < 1.29 is 24.0 Å². The smallest absolute Gasteiger partial charge is 0.341 e. The minimum Gasteiger partial charge on any atom is -0.484 e. The molecular weight excluding hydrogens is 500 g/mol. The fraction of sp³-hybridized carbons (Fsp3) is 0.182. The molecule has 1 N–H and O–H groups in total. The van der Waals surface area contributed by atoms with Crippen LogP contribution >= 0.6 is 27.3 Å². The number of non-ortho nitro benzene ring substituents is 1. The third-order valence-electron chi connectivity index (χ3n) is 4.39. The van der Waals surface area contributed by atoms with Crippen LogP contribution in [0.3, 0.4) is 0 Å². The van der Waals surface area contributed by atoms with E-state index in [-0.39, 0.29) is 29.5 Å². The molecule has 0 bridgehead atoms. The Hall–Kier alpha value is -3.24. The lowest BCUT2D eigenvalue weighted by Crippen LogP contribution is -2.21. The van der Waals surface area contributed by atoms with Gasteiger partial charge in [0, 0.05) is 27.5 Å². The van der Waals surface area contributed by atoms with Gasteiger partial charge in [-0.2, -0.15) is 0 Å². The van der Waals surface area contributed by atoms with Gasteiger partial charge in [-0.1, -0.05) is 28.1 Å². The highest BCUT2D eigenvalue weighted by Crippen LogP contribution is 2.37. The van der Waals surface area contributed by atoms with Gasteiger partial charge in [0.15, 0.2) is 6.61 Å². The molecular formula is C22H19BrN2O6S. The van der Waals surface area contributed by atoms with Crippen LogP contribution in [0.15, 0.2) is 52.3 Å². The van der Waals surface area contributed by atoms with E-state index in [1.807, 2.05) is 13.0 Å². The van der Waals surface area contributed by atoms with E-state index in [1.54, 1.807) is 30.5 Å². The molecule has 8 nitrogen and oxygen atoms in total. The van der Waals surface area contributed by atoms with Crippen LogP contribution in [-0.2, 0) is 9.53 Å². The predicted molar refractivity (Wildman–Crippen MR) is 125 cm³/mol. The van der Waals surface area contributed by atoms with Crippen LogP contribution in [0.2, 0.25) is 0 Å². The number of carbonyl (C=O) groups is 2. The molecule has 0 unspecified atom stereocenters. The molecule has 2 aromatic carbocycles. The van der Waals surface area contributed by atoms with E-state index in [0.29, 0.717) is 16.9 Å². The SMILES string of the molecule is CCOC(=O)c1c(-c2cccc([N+](=O)[O-])c2)csc1NC(=O)COc1ccc(Br)c(C)c1. The Labute approximate surface area is 196 Å². The third-order valence-corrected chi connectivity index (χ3v) is 6.18. The van der Waals surface area contributed by atoms with Crippen LogP contribution in [-0.4, -0.2) is 30.0 Å². The van der Waals surface area contributed by atoms with E-state index in [2.05, 4.69) is 21.2 Å². The monoisotopic (exact) mass is 518 g/mol. The van der Waals surface area contributed by atoms with Crippen LogP contribution in [0, 0.1) is 17.0 Å². The second-order valence-corrected chi connectivity index (χ2v) is 8.36. The number of aryl methyl sites for hydroxylation is 1. The second kappa shape index (κ2) is 10.4. The molecule has 0 aliphatic heterocycles. The van der Waals surface area contributed by atoms with Crippen molar-refractivity contribution in [2.75, 3.05) is 18.5 Å². The number of rotatable bonds is 8. The Kier molecular flexibility index (Phi) is 7.60. The van der Waals surface area contributed by atoms with Crippen LogP contribution < -0.4 is 10.1 Å². The third kappa shape index (κ3) is 5.51. The maximum Gasteiger partial charge on any atom is 0.341 e. The number of hydrogen-bond donors (Lipinski definition) is 1. The lowest BCUT2D eigenvalue weighted by Gasteiger charge is -2.10. The van der Waals surface area contributed by atoms with Gasteiger partial charge in [0.2, 0.25) is 0 Å². The van der Waals surface area contributed by atoms with Crippen LogP contribution in [0.4, 0.5) is 10.7 Å². The summed E-state index contributed by atoms with van der Waals surface area (Å²) in [5.41, 5.74) is 1.92. The van der Waals surface area contributed by atoms with Crippen molar-refractivity contribution in [3.05, 3.63) is 73.6 Å². The zero-order valence-corrected chi connectivity index (χ0v) is 19.6. The predicted octanol–water partition coefficient (Wildman–Crippen LogP) is 5.59. The zero-order chi connectivity index (χ0) is 23.3. The molecule has 10 heteroatoms. The van der Waals surface area contributed by atoms with E-state index < -0.39 is 16.8 Å². The van der Waals surface area contributed by atoms with Gasteiger partial charge in [-0.25, -0.2) is 4.79 Å². The Morgan fingerprint density at radius 3 is 2.69 bits per heavy atom. The van der Waals surface area contributed by atoms with Crippen molar-refractivity contribution in [3.8, 4) is 16.9 Å². The summed E-state index contributed by atoms with van der Waals surface area (Å²) < 4.78 is 11.6. The fourth-order valence-corrected chi connectivity index (χ4v) is 4.09. The second-order valence-electron chi connectivity index (χ2n) is 6.63. The molecule has 0 atom stereocenters. The summed E-state index contributed by atoms with van der Waals surface area (Å²) in [6.45, 7) is 3.46. The number of nitrogens with one attached hydrogen (secondary N) is 1. The van der Waals surface area contributed by atoms with Gasteiger partial charge < -0.3 is 14.8 Å². The first-order valence-electron chi connectivity index (χ1n) is 9.52. The number of nitrogens with zero attached hydrogens (tertiary/aromatic N) is 1. The van der Waals surface area contributed by atoms with E-state index in [4.69, 9.17) is 9.47 Å². The number of esters is 1. The fourth-order valence-electron chi connectivity index (χ4n) is 2.87. The van der Waals surface area contributed by atoms with Crippen LogP contribution in [0.1, 0.15) is 22.8 Å².